The van der Waals surface area contributed by atoms with Crippen molar-refractivity contribution in [3.63, 3.8) is 0 Å². The van der Waals surface area contributed by atoms with Gasteiger partial charge in [-0.05, 0) is 12.1 Å². The summed E-state index contributed by atoms with van der Waals surface area (Å²) in [6.07, 6.45) is 1.74. The summed E-state index contributed by atoms with van der Waals surface area (Å²) in [6.45, 7) is 1.06. The summed E-state index contributed by atoms with van der Waals surface area (Å²) >= 11 is 4.79. The van der Waals surface area contributed by atoms with Gasteiger partial charge in [-0.25, -0.2) is 4.98 Å². The fraction of sp³-hybridized carbons (Fsp3) is 0.182. The molecule has 0 fully saturated rings. The second-order valence-corrected chi connectivity index (χ2v) is 5.45. The van der Waals surface area contributed by atoms with Gasteiger partial charge in [-0.2, -0.15) is 0 Å². The first-order valence-electron chi connectivity index (χ1n) is 5.18. The summed E-state index contributed by atoms with van der Waals surface area (Å²) in [6, 6.07) is 5.06. The van der Waals surface area contributed by atoms with Gasteiger partial charge in [0.1, 0.15) is 5.01 Å². The quantitative estimate of drug-likeness (QED) is 0.676. The molecule has 2 aromatic rings. The van der Waals surface area contributed by atoms with Crippen LogP contribution in [0.2, 0.25) is 0 Å². The Morgan fingerprint density at radius 1 is 1.44 bits per heavy atom. The van der Waals surface area contributed by atoms with Gasteiger partial charge in [-0.1, -0.05) is 15.9 Å². The molecule has 7 heteroatoms. The molecule has 1 heterocycles. The van der Waals surface area contributed by atoms with Gasteiger partial charge in [0.15, 0.2) is 0 Å². The number of hydrogen-bond acceptors (Lipinski definition) is 5. The van der Waals surface area contributed by atoms with E-state index in [0.29, 0.717) is 23.1 Å². The zero-order valence-corrected chi connectivity index (χ0v) is 11.7. The normalized spacial score (nSPS) is 10.5. The van der Waals surface area contributed by atoms with Crippen molar-refractivity contribution in [2.45, 2.75) is 13.1 Å². The molecule has 0 saturated heterocycles. The number of nitrogens with zero attached hydrogens (tertiary/aromatic N) is 2. The Labute approximate surface area is 116 Å². The topological polar surface area (TPSA) is 68.1 Å². The van der Waals surface area contributed by atoms with Crippen molar-refractivity contribution in [3.8, 4) is 0 Å². The largest absolute Gasteiger partial charge is 0.306 e. The van der Waals surface area contributed by atoms with Gasteiger partial charge in [0.05, 0.1) is 4.92 Å². The van der Waals surface area contributed by atoms with E-state index in [1.54, 1.807) is 29.7 Å². The summed E-state index contributed by atoms with van der Waals surface area (Å²) in [5, 5.41) is 16.9. The van der Waals surface area contributed by atoms with Gasteiger partial charge in [-0.3, -0.25) is 10.1 Å². The first-order valence-corrected chi connectivity index (χ1v) is 6.86. The zero-order chi connectivity index (χ0) is 13.0. The van der Waals surface area contributed by atoms with Crippen molar-refractivity contribution in [3.05, 3.63) is 54.9 Å². The molecular weight excluding hydrogens is 318 g/mol. The second kappa shape index (κ2) is 6.03. The molecule has 0 spiro atoms. The fourth-order valence-electron chi connectivity index (χ4n) is 1.50. The molecule has 1 aromatic carbocycles. The molecule has 2 rings (SSSR count). The highest BCUT2D eigenvalue weighted by Crippen LogP contribution is 2.23. The summed E-state index contributed by atoms with van der Waals surface area (Å²) < 4.78 is 0.706. The van der Waals surface area contributed by atoms with Crippen molar-refractivity contribution < 1.29 is 4.92 Å². The number of thiazole rings is 1. The minimum absolute atomic E-state index is 0.121. The monoisotopic (exact) mass is 327 g/mol. The Kier molecular flexibility index (Phi) is 4.40. The van der Waals surface area contributed by atoms with E-state index >= 15 is 0 Å². The van der Waals surface area contributed by atoms with Gasteiger partial charge in [0, 0.05) is 40.8 Å². The van der Waals surface area contributed by atoms with E-state index in [1.165, 1.54) is 6.07 Å². The van der Waals surface area contributed by atoms with E-state index in [4.69, 9.17) is 0 Å². The molecule has 0 bridgehead atoms. The van der Waals surface area contributed by atoms with Crippen molar-refractivity contribution in [1.29, 1.82) is 0 Å². The maximum absolute atomic E-state index is 10.9. The van der Waals surface area contributed by atoms with Crippen LogP contribution in [0.4, 0.5) is 5.69 Å². The SMILES string of the molecule is O=[N+]([O-])c1cc(Br)ccc1CNCc1nccs1. The van der Waals surface area contributed by atoms with E-state index < -0.39 is 0 Å². The molecule has 0 atom stereocenters. The van der Waals surface area contributed by atoms with Gasteiger partial charge in [0.25, 0.3) is 5.69 Å². The van der Waals surface area contributed by atoms with E-state index in [2.05, 4.69) is 26.2 Å². The number of nitro groups is 1. The Balaban J connectivity index is 2.02. The van der Waals surface area contributed by atoms with Crippen LogP contribution in [-0.2, 0) is 13.1 Å². The molecule has 5 nitrogen and oxygen atoms in total. The summed E-state index contributed by atoms with van der Waals surface area (Å²) in [4.78, 5) is 14.7. The fourth-order valence-corrected chi connectivity index (χ4v) is 2.44. The summed E-state index contributed by atoms with van der Waals surface area (Å²) in [5.41, 5.74) is 0.788. The van der Waals surface area contributed by atoms with Crippen LogP contribution in [0.3, 0.4) is 0 Å². The Morgan fingerprint density at radius 2 is 2.28 bits per heavy atom. The maximum atomic E-state index is 10.9. The van der Waals surface area contributed by atoms with Gasteiger partial charge < -0.3 is 5.32 Å². The van der Waals surface area contributed by atoms with Crippen LogP contribution < -0.4 is 5.32 Å². The average Bonchev–Trinajstić information content (AvgIpc) is 2.84. The number of nitrogens with one attached hydrogen (secondary N) is 1. The van der Waals surface area contributed by atoms with Crippen molar-refractivity contribution in [2.24, 2.45) is 0 Å². The lowest BCUT2D eigenvalue weighted by Crippen LogP contribution is -2.13. The van der Waals surface area contributed by atoms with E-state index in [9.17, 15) is 10.1 Å². The molecule has 0 amide bonds. The molecule has 1 N–H and O–H groups in total. The number of rotatable bonds is 5. The highest BCUT2D eigenvalue weighted by molar-refractivity contribution is 9.10. The molecule has 0 aliphatic rings. The number of aromatic nitrogens is 1. The molecule has 18 heavy (non-hydrogen) atoms. The molecule has 0 unspecified atom stereocenters. The third-order valence-electron chi connectivity index (χ3n) is 2.32. The summed E-state index contributed by atoms with van der Waals surface area (Å²) in [5.74, 6) is 0. The molecule has 94 valence electrons. The van der Waals surface area contributed by atoms with E-state index in [1.807, 2.05) is 5.38 Å². The van der Waals surface area contributed by atoms with Crippen LogP contribution in [0, 0.1) is 10.1 Å². The van der Waals surface area contributed by atoms with Crippen LogP contribution in [0.15, 0.2) is 34.2 Å². The first-order chi connectivity index (χ1) is 8.66. The minimum atomic E-state index is -0.370. The standard InChI is InChI=1S/C11H10BrN3O2S/c12-9-2-1-8(10(5-9)15(16)17)6-13-7-11-14-3-4-18-11/h1-5,13H,6-7H2. The zero-order valence-electron chi connectivity index (χ0n) is 9.30. The maximum Gasteiger partial charge on any atom is 0.275 e. The Morgan fingerprint density at radius 3 is 2.94 bits per heavy atom. The third kappa shape index (κ3) is 3.34. The molecule has 0 aliphatic carbocycles. The number of hydrogen-bond donors (Lipinski definition) is 1. The smallest absolute Gasteiger partial charge is 0.275 e. The van der Waals surface area contributed by atoms with Crippen molar-refractivity contribution in [2.75, 3.05) is 0 Å². The van der Waals surface area contributed by atoms with Gasteiger partial charge in [0.2, 0.25) is 0 Å². The molecular formula is C11H10BrN3O2S. The predicted molar refractivity (Wildman–Crippen MR) is 73.5 cm³/mol. The molecule has 1 aromatic heterocycles. The van der Waals surface area contributed by atoms with Crippen LogP contribution >= 0.6 is 27.3 Å². The van der Waals surface area contributed by atoms with E-state index in [0.717, 1.165) is 5.01 Å². The average molecular weight is 328 g/mol. The Bertz CT molecular complexity index is 545. The third-order valence-corrected chi connectivity index (χ3v) is 3.59. The minimum Gasteiger partial charge on any atom is -0.306 e. The lowest BCUT2D eigenvalue weighted by atomic mass is 10.2. The van der Waals surface area contributed by atoms with Crippen molar-refractivity contribution in [1.82, 2.24) is 10.3 Å². The number of nitro benzene ring substituents is 1. The van der Waals surface area contributed by atoms with Crippen LogP contribution in [0.1, 0.15) is 10.6 Å². The number of halogens is 1. The lowest BCUT2D eigenvalue weighted by molar-refractivity contribution is -0.385. The second-order valence-electron chi connectivity index (χ2n) is 3.56. The lowest BCUT2D eigenvalue weighted by Gasteiger charge is -2.04. The highest BCUT2D eigenvalue weighted by Gasteiger charge is 2.13. The summed E-state index contributed by atoms with van der Waals surface area (Å²) in [7, 11) is 0. The molecule has 0 aliphatic heterocycles. The van der Waals surface area contributed by atoms with Crippen LogP contribution in [0.5, 0.6) is 0 Å². The molecule has 0 radical (unpaired) electrons. The van der Waals surface area contributed by atoms with E-state index in [-0.39, 0.29) is 10.6 Å². The van der Waals surface area contributed by atoms with Gasteiger partial charge in [-0.15, -0.1) is 11.3 Å². The van der Waals surface area contributed by atoms with Crippen LogP contribution in [0.25, 0.3) is 0 Å². The van der Waals surface area contributed by atoms with Gasteiger partial charge >= 0.3 is 0 Å². The number of benzene rings is 1. The first kappa shape index (κ1) is 13.1. The van der Waals surface area contributed by atoms with Crippen molar-refractivity contribution >= 4 is 33.0 Å². The van der Waals surface area contributed by atoms with Crippen LogP contribution in [-0.4, -0.2) is 9.91 Å². The highest BCUT2D eigenvalue weighted by atomic mass is 79.9. The molecule has 0 saturated carbocycles. The Hall–Kier alpha value is -1.31. The predicted octanol–water partition coefficient (Wildman–Crippen LogP) is 3.10.